The summed E-state index contributed by atoms with van der Waals surface area (Å²) in [5, 5.41) is 20.7. The molecule has 1 saturated heterocycles. The normalized spacial score (nSPS) is 20.2. The molecule has 2 heterocycles. The van der Waals surface area contributed by atoms with E-state index in [0.717, 1.165) is 0 Å². The fourth-order valence-corrected chi connectivity index (χ4v) is 1.82. The van der Waals surface area contributed by atoms with Crippen LogP contribution < -0.4 is 5.73 Å². The van der Waals surface area contributed by atoms with Crippen molar-refractivity contribution in [3.8, 4) is 0 Å². The van der Waals surface area contributed by atoms with E-state index in [1.54, 1.807) is 11.0 Å². The Bertz CT molecular complexity index is 472. The van der Waals surface area contributed by atoms with Crippen LogP contribution in [0.2, 0.25) is 0 Å². The van der Waals surface area contributed by atoms with E-state index in [0.29, 0.717) is 25.1 Å². The van der Waals surface area contributed by atoms with Crippen molar-refractivity contribution in [3.05, 3.63) is 29.6 Å². The number of amidine groups is 1. The second-order valence-electron chi connectivity index (χ2n) is 4.11. The number of nitrogens with zero attached hydrogens (tertiary/aromatic N) is 3. The van der Waals surface area contributed by atoms with E-state index in [1.165, 1.54) is 12.3 Å². The fraction of sp³-hybridized carbons (Fsp3) is 0.364. The minimum absolute atomic E-state index is 0.0573. The molecule has 0 spiro atoms. The third-order valence-corrected chi connectivity index (χ3v) is 2.84. The molecule has 1 fully saturated rings. The minimum Gasteiger partial charge on any atom is -0.409 e. The summed E-state index contributed by atoms with van der Waals surface area (Å²) in [6, 6.07) is 3.07. The maximum atomic E-state index is 12.0. The Labute approximate surface area is 104 Å². The lowest BCUT2D eigenvalue weighted by Gasteiger charge is -2.14. The van der Waals surface area contributed by atoms with Crippen molar-refractivity contribution in [1.82, 2.24) is 9.88 Å². The lowest BCUT2D eigenvalue weighted by atomic mass is 10.2. The zero-order chi connectivity index (χ0) is 13.1. The highest BCUT2D eigenvalue weighted by atomic mass is 16.4. The van der Waals surface area contributed by atoms with Gasteiger partial charge in [0.15, 0.2) is 5.84 Å². The summed E-state index contributed by atoms with van der Waals surface area (Å²) in [6.45, 7) is 0.867. The van der Waals surface area contributed by atoms with Gasteiger partial charge in [0.05, 0.1) is 6.10 Å². The molecule has 1 amide bonds. The smallest absolute Gasteiger partial charge is 0.272 e. The number of carbonyl (C=O) groups is 1. The van der Waals surface area contributed by atoms with Gasteiger partial charge in [-0.3, -0.25) is 9.78 Å². The van der Waals surface area contributed by atoms with Crippen molar-refractivity contribution in [2.24, 2.45) is 10.9 Å². The molecule has 0 saturated carbocycles. The number of hydrogen-bond donors (Lipinski definition) is 3. The first kappa shape index (κ1) is 12.3. The van der Waals surface area contributed by atoms with Gasteiger partial charge in [0, 0.05) is 24.8 Å². The highest BCUT2D eigenvalue weighted by Gasteiger charge is 2.25. The molecule has 2 rings (SSSR count). The van der Waals surface area contributed by atoms with E-state index < -0.39 is 6.10 Å². The SMILES string of the molecule is NC(=NO)c1ccc(C(=O)N2CCC(O)C2)nc1. The number of nitrogens with two attached hydrogens (primary N) is 1. The summed E-state index contributed by atoms with van der Waals surface area (Å²) in [4.78, 5) is 17.5. The number of rotatable bonds is 2. The zero-order valence-corrected chi connectivity index (χ0v) is 9.65. The van der Waals surface area contributed by atoms with Crippen LogP contribution in [0.25, 0.3) is 0 Å². The van der Waals surface area contributed by atoms with Crippen molar-refractivity contribution in [2.75, 3.05) is 13.1 Å². The molecule has 1 aromatic rings. The average Bonchev–Trinajstić information content (AvgIpc) is 2.84. The van der Waals surface area contributed by atoms with Crippen molar-refractivity contribution < 1.29 is 15.1 Å². The van der Waals surface area contributed by atoms with Gasteiger partial charge in [-0.15, -0.1) is 0 Å². The van der Waals surface area contributed by atoms with E-state index in [-0.39, 0.29) is 17.4 Å². The number of hydrogen-bond acceptors (Lipinski definition) is 5. The molecule has 1 aromatic heterocycles. The summed E-state index contributed by atoms with van der Waals surface area (Å²) in [7, 11) is 0. The van der Waals surface area contributed by atoms with Gasteiger partial charge in [0.1, 0.15) is 5.69 Å². The molecule has 0 aliphatic carbocycles. The number of aromatic nitrogens is 1. The summed E-state index contributed by atoms with van der Waals surface area (Å²) in [6.07, 6.45) is 1.51. The topological polar surface area (TPSA) is 112 Å². The Morgan fingerprint density at radius 2 is 2.33 bits per heavy atom. The number of oxime groups is 1. The van der Waals surface area contributed by atoms with Crippen LogP contribution in [0.4, 0.5) is 0 Å². The molecule has 0 radical (unpaired) electrons. The molecule has 96 valence electrons. The van der Waals surface area contributed by atoms with E-state index in [2.05, 4.69) is 10.1 Å². The van der Waals surface area contributed by atoms with E-state index >= 15 is 0 Å². The van der Waals surface area contributed by atoms with E-state index in [1.807, 2.05) is 0 Å². The van der Waals surface area contributed by atoms with Crippen molar-refractivity contribution >= 4 is 11.7 Å². The van der Waals surface area contributed by atoms with E-state index in [4.69, 9.17) is 10.9 Å². The van der Waals surface area contributed by atoms with Crippen LogP contribution in [0.1, 0.15) is 22.5 Å². The van der Waals surface area contributed by atoms with Crippen molar-refractivity contribution in [1.29, 1.82) is 0 Å². The van der Waals surface area contributed by atoms with Crippen LogP contribution in [0.15, 0.2) is 23.5 Å². The average molecular weight is 250 g/mol. The molecule has 18 heavy (non-hydrogen) atoms. The molecular formula is C11H14N4O3. The maximum Gasteiger partial charge on any atom is 0.272 e. The van der Waals surface area contributed by atoms with Gasteiger partial charge in [-0.1, -0.05) is 5.16 Å². The number of aliphatic hydroxyl groups is 1. The Kier molecular flexibility index (Phi) is 3.42. The third-order valence-electron chi connectivity index (χ3n) is 2.84. The summed E-state index contributed by atoms with van der Waals surface area (Å²) >= 11 is 0. The zero-order valence-electron chi connectivity index (χ0n) is 9.65. The third kappa shape index (κ3) is 2.40. The maximum absolute atomic E-state index is 12.0. The first-order valence-electron chi connectivity index (χ1n) is 5.53. The molecule has 1 aliphatic rings. The minimum atomic E-state index is -0.453. The first-order chi connectivity index (χ1) is 8.61. The second-order valence-corrected chi connectivity index (χ2v) is 4.11. The number of β-amino-alcohol motifs (C(OH)–C–C–N with tert-alkyl or cyclic N) is 1. The summed E-state index contributed by atoms with van der Waals surface area (Å²) in [5.41, 5.74) is 6.11. The largest absolute Gasteiger partial charge is 0.409 e. The standard InChI is InChI=1S/C11H14N4O3/c12-10(14-18)7-1-2-9(13-5-7)11(17)15-4-3-8(16)6-15/h1-2,5,8,16,18H,3-4,6H2,(H2,12,14). The van der Waals surface area contributed by atoms with Crippen LogP contribution in [0.3, 0.4) is 0 Å². The molecule has 7 nitrogen and oxygen atoms in total. The van der Waals surface area contributed by atoms with Gasteiger partial charge in [0.2, 0.25) is 0 Å². The van der Waals surface area contributed by atoms with Gasteiger partial charge in [-0.2, -0.15) is 0 Å². The summed E-state index contributed by atoms with van der Waals surface area (Å²) < 4.78 is 0. The van der Waals surface area contributed by atoms with Gasteiger partial charge in [-0.25, -0.2) is 0 Å². The molecule has 0 aromatic carbocycles. The molecule has 0 bridgehead atoms. The monoisotopic (exact) mass is 250 g/mol. The second kappa shape index (κ2) is 5.01. The Morgan fingerprint density at radius 3 is 2.83 bits per heavy atom. The van der Waals surface area contributed by atoms with Crippen molar-refractivity contribution in [2.45, 2.75) is 12.5 Å². The molecule has 1 unspecified atom stereocenters. The summed E-state index contributed by atoms with van der Waals surface area (Å²) in [5.74, 6) is -0.282. The predicted octanol–water partition coefficient (Wildman–Crippen LogP) is -0.617. The lowest BCUT2D eigenvalue weighted by Crippen LogP contribution is -2.30. The molecule has 1 atom stereocenters. The molecule has 4 N–H and O–H groups in total. The van der Waals surface area contributed by atoms with Crippen LogP contribution >= 0.6 is 0 Å². The Morgan fingerprint density at radius 1 is 1.56 bits per heavy atom. The number of aliphatic hydroxyl groups excluding tert-OH is 1. The Hall–Kier alpha value is -2.15. The van der Waals surface area contributed by atoms with Gasteiger partial charge in [0.25, 0.3) is 5.91 Å². The molecule has 1 aliphatic heterocycles. The van der Waals surface area contributed by atoms with Gasteiger partial charge in [-0.05, 0) is 18.6 Å². The van der Waals surface area contributed by atoms with E-state index in [9.17, 15) is 9.90 Å². The molecular weight excluding hydrogens is 236 g/mol. The first-order valence-corrected chi connectivity index (χ1v) is 5.53. The lowest BCUT2D eigenvalue weighted by molar-refractivity contribution is 0.0759. The number of pyridine rings is 1. The quantitative estimate of drug-likeness (QED) is 0.280. The number of amides is 1. The Balaban J connectivity index is 2.12. The van der Waals surface area contributed by atoms with Gasteiger partial charge >= 0.3 is 0 Å². The fourth-order valence-electron chi connectivity index (χ4n) is 1.82. The molecule has 7 heteroatoms. The highest BCUT2D eigenvalue weighted by Crippen LogP contribution is 2.12. The van der Waals surface area contributed by atoms with Crippen LogP contribution in [0, 0.1) is 0 Å². The van der Waals surface area contributed by atoms with Crippen LogP contribution in [-0.4, -0.2) is 51.1 Å². The highest BCUT2D eigenvalue weighted by molar-refractivity contribution is 5.98. The number of likely N-dealkylation sites (tertiary alicyclic amines) is 1. The predicted molar refractivity (Wildman–Crippen MR) is 63.3 cm³/mol. The van der Waals surface area contributed by atoms with Gasteiger partial charge < -0.3 is 20.9 Å². The number of carbonyl (C=O) groups excluding carboxylic acids is 1. The van der Waals surface area contributed by atoms with Crippen LogP contribution in [-0.2, 0) is 0 Å². The van der Waals surface area contributed by atoms with Crippen molar-refractivity contribution in [3.63, 3.8) is 0 Å². The van der Waals surface area contributed by atoms with Crippen LogP contribution in [0.5, 0.6) is 0 Å².